The topological polar surface area (TPSA) is 137 Å². The Kier molecular flexibility index (Phi) is 6.18. The molecule has 1 spiro atoms. The highest BCUT2D eigenvalue weighted by Crippen LogP contribution is 2.46. The first-order chi connectivity index (χ1) is 18.1. The second-order valence-electron chi connectivity index (χ2n) is 8.36. The van der Waals surface area contributed by atoms with Crippen LogP contribution >= 0.6 is 0 Å². The Hall–Kier alpha value is -4.26. The van der Waals surface area contributed by atoms with E-state index >= 15 is 0 Å². The lowest BCUT2D eigenvalue weighted by molar-refractivity contribution is 0.103. The van der Waals surface area contributed by atoms with E-state index in [1.54, 1.807) is 18.2 Å². The molecule has 2 aromatic carbocycles. The van der Waals surface area contributed by atoms with Crippen molar-refractivity contribution in [1.29, 1.82) is 0 Å². The fourth-order valence-corrected chi connectivity index (χ4v) is 5.15. The van der Waals surface area contributed by atoms with Crippen molar-refractivity contribution < 1.29 is 36.5 Å². The molecule has 1 unspecified atom stereocenters. The van der Waals surface area contributed by atoms with Crippen LogP contribution in [0.2, 0.25) is 0 Å². The van der Waals surface area contributed by atoms with Gasteiger partial charge in [0.2, 0.25) is 27.7 Å². The van der Waals surface area contributed by atoms with Gasteiger partial charge in [0.15, 0.2) is 5.75 Å². The van der Waals surface area contributed by atoms with Crippen molar-refractivity contribution in [3.05, 3.63) is 77.3 Å². The molecule has 198 valence electrons. The van der Waals surface area contributed by atoms with E-state index in [1.807, 2.05) is 0 Å². The molecule has 0 fully saturated rings. The second kappa shape index (κ2) is 9.24. The fraction of sp³-hybridized carbons (Fsp3) is 0.250. The minimum atomic E-state index is -4.43. The number of aromatic nitrogens is 3. The van der Waals surface area contributed by atoms with Gasteiger partial charge in [-0.25, -0.2) is 17.2 Å². The van der Waals surface area contributed by atoms with Crippen molar-refractivity contribution in [3.8, 4) is 17.2 Å². The molecule has 2 aliphatic rings. The predicted octanol–water partition coefficient (Wildman–Crippen LogP) is 2.73. The third kappa shape index (κ3) is 4.08. The molecule has 0 bridgehead atoms. The summed E-state index contributed by atoms with van der Waals surface area (Å²) in [7, 11) is -1.59. The van der Waals surface area contributed by atoms with Gasteiger partial charge in [-0.15, -0.1) is 15.9 Å². The van der Waals surface area contributed by atoms with Crippen molar-refractivity contribution in [3.63, 3.8) is 0 Å². The van der Waals surface area contributed by atoms with Gasteiger partial charge < -0.3 is 19.3 Å². The summed E-state index contributed by atoms with van der Waals surface area (Å²) in [6, 6.07) is 7.39. The van der Waals surface area contributed by atoms with E-state index < -0.39 is 38.7 Å². The van der Waals surface area contributed by atoms with Crippen molar-refractivity contribution in [2.75, 3.05) is 18.9 Å². The Morgan fingerprint density at radius 3 is 2.68 bits per heavy atom. The molecule has 2 aliphatic heterocycles. The van der Waals surface area contributed by atoms with E-state index in [4.69, 9.17) is 14.2 Å². The van der Waals surface area contributed by atoms with Crippen LogP contribution in [0.4, 0.5) is 14.7 Å². The monoisotopic (exact) mass is 545 g/mol. The van der Waals surface area contributed by atoms with E-state index in [2.05, 4.69) is 25.6 Å². The minimum absolute atomic E-state index is 0.0557. The zero-order valence-electron chi connectivity index (χ0n) is 20.2. The van der Waals surface area contributed by atoms with E-state index in [0.717, 1.165) is 12.1 Å². The quantitative estimate of drug-likeness (QED) is 0.451. The molecular weight excluding hydrogens is 524 g/mol. The van der Waals surface area contributed by atoms with Gasteiger partial charge in [-0.2, -0.15) is 4.99 Å². The van der Waals surface area contributed by atoms with Crippen molar-refractivity contribution in [2.24, 2.45) is 4.99 Å². The Morgan fingerprint density at radius 1 is 1.18 bits per heavy atom. The van der Waals surface area contributed by atoms with E-state index in [1.165, 1.54) is 37.9 Å². The van der Waals surface area contributed by atoms with Gasteiger partial charge in [-0.05, 0) is 25.1 Å². The molecule has 11 nitrogen and oxygen atoms in total. The lowest BCUT2D eigenvalue weighted by atomic mass is 10.1. The van der Waals surface area contributed by atoms with Gasteiger partial charge in [-0.3, -0.25) is 9.29 Å². The molecule has 1 aromatic heterocycles. The number of hydrogen-bond acceptors (Lipinski definition) is 9. The average Bonchev–Trinajstić information content (AvgIpc) is 3.31. The molecule has 0 amide bonds. The average molecular weight is 546 g/mol. The Labute approximate surface area is 215 Å². The van der Waals surface area contributed by atoms with Crippen molar-refractivity contribution >= 4 is 21.9 Å². The van der Waals surface area contributed by atoms with Crippen LogP contribution in [0.25, 0.3) is 5.69 Å². The molecule has 0 radical (unpaired) electrons. The number of nitrogens with zero attached hydrogens (tertiary/aromatic N) is 4. The number of aliphatic hydroxyl groups excluding tert-OH is 1. The highest BCUT2D eigenvalue weighted by atomic mass is 32.2. The van der Waals surface area contributed by atoms with Crippen LogP contribution in [-0.2, 0) is 20.5 Å². The number of fused-ring (bicyclic) bond motifs is 4. The van der Waals surface area contributed by atoms with Crippen molar-refractivity contribution in [1.82, 2.24) is 14.8 Å². The number of rotatable bonds is 6. The summed E-state index contributed by atoms with van der Waals surface area (Å²) in [5, 5.41) is 17.2. The number of methoxy groups -OCH3 is 2. The molecule has 3 aromatic rings. The van der Waals surface area contributed by atoms with Gasteiger partial charge in [0.25, 0.3) is 5.72 Å². The van der Waals surface area contributed by atoms with Gasteiger partial charge in [0.1, 0.15) is 34.4 Å². The minimum Gasteiger partial charge on any atom is -0.494 e. The van der Waals surface area contributed by atoms with Crippen LogP contribution in [0.3, 0.4) is 0 Å². The lowest BCUT2D eigenvalue weighted by Gasteiger charge is -2.34. The molecular formula is C24H21F2N5O6S. The maximum Gasteiger partial charge on any atom is 0.291 e. The fourth-order valence-electron chi connectivity index (χ4n) is 4.09. The molecule has 5 rings (SSSR count). The van der Waals surface area contributed by atoms with Crippen LogP contribution in [0.5, 0.6) is 11.5 Å². The summed E-state index contributed by atoms with van der Waals surface area (Å²) in [5.41, 5.74) is 1.19. The largest absolute Gasteiger partial charge is 0.494 e. The maximum atomic E-state index is 14.3. The number of aliphatic imine (C=N–C) groups is 1. The molecule has 0 aliphatic carbocycles. The third-order valence-electron chi connectivity index (χ3n) is 6.07. The number of aliphatic hydroxyl groups is 1. The summed E-state index contributed by atoms with van der Waals surface area (Å²) < 4.78 is 74.8. The summed E-state index contributed by atoms with van der Waals surface area (Å²) >= 11 is 0. The van der Waals surface area contributed by atoms with Crippen LogP contribution in [0.1, 0.15) is 24.4 Å². The smallest absolute Gasteiger partial charge is 0.291 e. The highest BCUT2D eigenvalue weighted by Gasteiger charge is 2.46. The van der Waals surface area contributed by atoms with Crippen LogP contribution in [0, 0.1) is 11.6 Å². The molecule has 0 saturated heterocycles. The Morgan fingerprint density at radius 2 is 1.97 bits per heavy atom. The number of hydrogen-bond donors (Lipinski definition) is 2. The number of anilines is 1. The van der Waals surface area contributed by atoms with E-state index in [0.29, 0.717) is 11.8 Å². The number of sulfonamides is 1. The predicted molar refractivity (Wildman–Crippen MR) is 131 cm³/mol. The molecule has 14 heteroatoms. The number of ether oxygens (including phenoxy) is 3. The molecule has 2 N–H and O–H groups in total. The highest BCUT2D eigenvalue weighted by molar-refractivity contribution is 7.93. The summed E-state index contributed by atoms with van der Waals surface area (Å²) in [6.45, 7) is 1.17. The summed E-state index contributed by atoms with van der Waals surface area (Å²) in [6.07, 6.45) is 1.13. The first kappa shape index (κ1) is 25.4. The molecule has 3 atom stereocenters. The third-order valence-corrected chi connectivity index (χ3v) is 7.78. The first-order valence-corrected chi connectivity index (χ1v) is 12.7. The van der Waals surface area contributed by atoms with Gasteiger partial charge in [-0.1, -0.05) is 12.1 Å². The number of benzene rings is 2. The normalized spacial score (nSPS) is 19.2. The van der Waals surface area contributed by atoms with Gasteiger partial charge in [0.05, 0.1) is 14.2 Å². The van der Waals surface area contributed by atoms with Crippen LogP contribution in [0.15, 0.2) is 59.3 Å². The standard InChI is InChI=1S/C24H21F2N5O6S/c1-13(21(32)15-10-9-14(25)12-16(15)26)38(33,34)30-23-29-28-22-24(11-5-8-19(27-24)36-3)37-18-7-4-6-17(35-2)20(18)31(22)23/h4,6-13,21,32H,1-3H3,(H,29,30)/t13-,21-,24?/m0/s1. The van der Waals surface area contributed by atoms with Crippen LogP contribution < -0.4 is 14.2 Å². The zero-order chi connectivity index (χ0) is 27.2. The first-order valence-electron chi connectivity index (χ1n) is 11.1. The van der Waals surface area contributed by atoms with Gasteiger partial charge in [0, 0.05) is 23.8 Å². The molecule has 3 heterocycles. The summed E-state index contributed by atoms with van der Waals surface area (Å²) in [4.78, 5) is 4.46. The Bertz CT molecular complexity index is 1630. The number of para-hydroxylation sites is 1. The maximum absolute atomic E-state index is 14.3. The Balaban J connectivity index is 1.60. The SMILES string of the molecule is COC1=NC2(C=C=C1)Oc1cccc(OC)c1-n1c(NS(=O)(=O)[C@@H](C)[C@H](O)c3ccc(F)cc3F)nnc12. The van der Waals surface area contributed by atoms with Gasteiger partial charge >= 0.3 is 0 Å². The van der Waals surface area contributed by atoms with E-state index in [-0.39, 0.29) is 34.7 Å². The number of nitrogens with one attached hydrogen (secondary N) is 1. The number of halogens is 2. The molecule has 0 saturated carbocycles. The van der Waals surface area contributed by atoms with Crippen molar-refractivity contribution in [2.45, 2.75) is 24.0 Å². The van der Waals surface area contributed by atoms with Crippen LogP contribution in [-0.4, -0.2) is 53.7 Å². The summed E-state index contributed by atoms with van der Waals surface area (Å²) in [5.74, 6) is -1.42. The van der Waals surface area contributed by atoms with E-state index in [9.17, 15) is 22.3 Å². The molecule has 38 heavy (non-hydrogen) atoms. The second-order valence-corrected chi connectivity index (χ2v) is 10.4. The lowest BCUT2D eigenvalue weighted by Crippen LogP contribution is -2.38. The zero-order valence-corrected chi connectivity index (χ0v) is 21.0.